The summed E-state index contributed by atoms with van der Waals surface area (Å²) in [6, 6.07) is 8.27. The highest BCUT2D eigenvalue weighted by atomic mass is 16.2. The predicted molar refractivity (Wildman–Crippen MR) is 87.7 cm³/mol. The van der Waals surface area contributed by atoms with Gasteiger partial charge in [-0.25, -0.2) is 0 Å². The zero-order chi connectivity index (χ0) is 16.0. The molecular weight excluding hydrogens is 288 g/mol. The van der Waals surface area contributed by atoms with Crippen LogP contribution < -0.4 is 0 Å². The van der Waals surface area contributed by atoms with Gasteiger partial charge < -0.3 is 9.80 Å². The van der Waals surface area contributed by atoms with E-state index in [-0.39, 0.29) is 29.8 Å². The molecular formula is C19H24N2O2. The molecule has 2 fully saturated rings. The van der Waals surface area contributed by atoms with Crippen LogP contribution >= 0.6 is 0 Å². The molecule has 2 aliphatic heterocycles. The van der Waals surface area contributed by atoms with Gasteiger partial charge in [-0.1, -0.05) is 24.3 Å². The van der Waals surface area contributed by atoms with Crippen molar-refractivity contribution in [3.05, 3.63) is 35.4 Å². The fraction of sp³-hybridized carbons (Fsp3) is 0.579. The minimum Gasteiger partial charge on any atom is -0.334 e. The molecule has 2 heterocycles. The van der Waals surface area contributed by atoms with E-state index in [0.717, 1.165) is 45.2 Å². The molecule has 1 saturated heterocycles. The van der Waals surface area contributed by atoms with Crippen LogP contribution in [0.2, 0.25) is 0 Å². The lowest BCUT2D eigenvalue weighted by Gasteiger charge is -2.38. The summed E-state index contributed by atoms with van der Waals surface area (Å²) < 4.78 is 0. The monoisotopic (exact) mass is 312 g/mol. The average Bonchev–Trinajstić information content (AvgIpc) is 3.31. The van der Waals surface area contributed by atoms with Gasteiger partial charge in [0.1, 0.15) is 6.04 Å². The Bertz CT molecular complexity index is 638. The average molecular weight is 312 g/mol. The van der Waals surface area contributed by atoms with Gasteiger partial charge in [-0.15, -0.1) is 0 Å². The van der Waals surface area contributed by atoms with E-state index in [4.69, 9.17) is 0 Å². The predicted octanol–water partition coefficient (Wildman–Crippen LogP) is 2.53. The Hall–Kier alpha value is -1.84. The van der Waals surface area contributed by atoms with Crippen LogP contribution in [0.3, 0.4) is 0 Å². The number of carbonyl (C=O) groups is 2. The van der Waals surface area contributed by atoms with Crippen LogP contribution in [0.15, 0.2) is 24.3 Å². The first kappa shape index (κ1) is 14.7. The summed E-state index contributed by atoms with van der Waals surface area (Å²) in [6.45, 7) is 3.63. The molecule has 1 saturated carbocycles. The van der Waals surface area contributed by atoms with Crippen molar-refractivity contribution in [1.29, 1.82) is 0 Å². The van der Waals surface area contributed by atoms with E-state index >= 15 is 0 Å². The lowest BCUT2D eigenvalue weighted by Crippen LogP contribution is -2.50. The van der Waals surface area contributed by atoms with E-state index in [1.165, 1.54) is 11.1 Å². The Balaban J connectivity index is 1.53. The SMILES string of the molecule is C[C@@H]1c2ccccc2CCN1C(=O)[C@H]1CCCN1C(=O)C1CC1. The number of fused-ring (bicyclic) bond motifs is 1. The Kier molecular flexibility index (Phi) is 3.63. The maximum Gasteiger partial charge on any atom is 0.245 e. The molecule has 122 valence electrons. The topological polar surface area (TPSA) is 40.6 Å². The highest BCUT2D eigenvalue weighted by Crippen LogP contribution is 2.35. The van der Waals surface area contributed by atoms with Gasteiger partial charge in [-0.05, 0) is 50.2 Å². The van der Waals surface area contributed by atoms with E-state index in [1.54, 1.807) is 0 Å². The van der Waals surface area contributed by atoms with E-state index in [9.17, 15) is 9.59 Å². The van der Waals surface area contributed by atoms with E-state index in [1.807, 2.05) is 15.9 Å². The van der Waals surface area contributed by atoms with Gasteiger partial charge in [-0.3, -0.25) is 9.59 Å². The zero-order valence-corrected chi connectivity index (χ0v) is 13.7. The summed E-state index contributed by atoms with van der Waals surface area (Å²) in [7, 11) is 0. The molecule has 4 heteroatoms. The maximum atomic E-state index is 13.1. The second kappa shape index (κ2) is 5.66. The van der Waals surface area contributed by atoms with E-state index in [2.05, 4.69) is 25.1 Å². The summed E-state index contributed by atoms with van der Waals surface area (Å²) in [5.74, 6) is 0.562. The third-order valence-electron chi connectivity index (χ3n) is 5.63. The number of amides is 2. The number of rotatable bonds is 2. The fourth-order valence-corrected chi connectivity index (χ4v) is 4.12. The number of hydrogen-bond donors (Lipinski definition) is 0. The minimum atomic E-state index is -0.226. The molecule has 1 aromatic carbocycles. The molecule has 23 heavy (non-hydrogen) atoms. The highest BCUT2D eigenvalue weighted by Gasteiger charge is 2.43. The van der Waals surface area contributed by atoms with Gasteiger partial charge >= 0.3 is 0 Å². The van der Waals surface area contributed by atoms with Gasteiger partial charge in [0, 0.05) is 19.0 Å². The standard InChI is InChI=1S/C19H24N2O2/c1-13-16-6-3-2-5-14(16)10-12-20(13)19(23)17-7-4-11-21(17)18(22)15-8-9-15/h2-3,5-6,13,15,17H,4,7-12H2,1H3/t13-,17-/m1/s1. The van der Waals surface area contributed by atoms with E-state index in [0.29, 0.717) is 0 Å². The van der Waals surface area contributed by atoms with Crippen molar-refractivity contribution in [2.45, 2.75) is 51.1 Å². The zero-order valence-electron chi connectivity index (χ0n) is 13.7. The van der Waals surface area contributed by atoms with Crippen LogP contribution in [0, 0.1) is 5.92 Å². The number of hydrogen-bond acceptors (Lipinski definition) is 2. The molecule has 3 aliphatic rings. The summed E-state index contributed by atoms with van der Waals surface area (Å²) in [4.78, 5) is 29.4. The molecule has 2 amide bonds. The van der Waals surface area contributed by atoms with Crippen LogP contribution in [0.1, 0.15) is 49.8 Å². The smallest absolute Gasteiger partial charge is 0.245 e. The third-order valence-corrected chi connectivity index (χ3v) is 5.63. The Morgan fingerprint density at radius 1 is 1.00 bits per heavy atom. The summed E-state index contributed by atoms with van der Waals surface area (Å²) >= 11 is 0. The normalized spacial score (nSPS) is 27.0. The third kappa shape index (κ3) is 2.54. The first-order valence-corrected chi connectivity index (χ1v) is 8.85. The summed E-state index contributed by atoms with van der Waals surface area (Å²) in [6.07, 6.45) is 4.69. The highest BCUT2D eigenvalue weighted by molar-refractivity contribution is 5.90. The Morgan fingerprint density at radius 2 is 1.78 bits per heavy atom. The van der Waals surface area contributed by atoms with Gasteiger partial charge in [0.25, 0.3) is 0 Å². The van der Waals surface area contributed by atoms with Crippen LogP contribution in [-0.4, -0.2) is 40.7 Å². The lowest BCUT2D eigenvalue weighted by molar-refractivity contribution is -0.146. The Morgan fingerprint density at radius 3 is 2.57 bits per heavy atom. The number of carbonyl (C=O) groups excluding carboxylic acids is 2. The number of benzene rings is 1. The molecule has 1 aromatic rings. The second-order valence-corrected chi connectivity index (χ2v) is 7.12. The van der Waals surface area contributed by atoms with Gasteiger partial charge in [0.05, 0.1) is 6.04 Å². The van der Waals surface area contributed by atoms with Crippen LogP contribution in [0.4, 0.5) is 0 Å². The van der Waals surface area contributed by atoms with Crippen molar-refractivity contribution in [2.75, 3.05) is 13.1 Å². The first-order valence-electron chi connectivity index (χ1n) is 8.85. The first-order chi connectivity index (χ1) is 11.2. The lowest BCUT2D eigenvalue weighted by atomic mass is 9.93. The van der Waals surface area contributed by atoms with Crippen molar-refractivity contribution < 1.29 is 9.59 Å². The van der Waals surface area contributed by atoms with Crippen LogP contribution in [0.5, 0.6) is 0 Å². The quantitative estimate of drug-likeness (QED) is 0.842. The number of nitrogens with zero attached hydrogens (tertiary/aromatic N) is 2. The van der Waals surface area contributed by atoms with Crippen molar-refractivity contribution in [3.63, 3.8) is 0 Å². The van der Waals surface area contributed by atoms with Gasteiger partial charge in [0.15, 0.2) is 0 Å². The van der Waals surface area contributed by atoms with Crippen molar-refractivity contribution in [1.82, 2.24) is 9.80 Å². The maximum absolute atomic E-state index is 13.1. The van der Waals surface area contributed by atoms with Gasteiger partial charge in [0.2, 0.25) is 11.8 Å². The molecule has 1 aliphatic carbocycles. The largest absolute Gasteiger partial charge is 0.334 e. The summed E-state index contributed by atoms with van der Waals surface area (Å²) in [5, 5.41) is 0. The van der Waals surface area contributed by atoms with Gasteiger partial charge in [-0.2, -0.15) is 0 Å². The molecule has 0 spiro atoms. The molecule has 0 radical (unpaired) electrons. The van der Waals surface area contributed by atoms with Crippen molar-refractivity contribution in [3.8, 4) is 0 Å². The van der Waals surface area contributed by atoms with Crippen molar-refractivity contribution in [2.24, 2.45) is 5.92 Å². The molecule has 4 rings (SSSR count). The minimum absolute atomic E-state index is 0.103. The molecule has 2 atom stereocenters. The molecule has 0 bridgehead atoms. The van der Waals surface area contributed by atoms with Crippen LogP contribution in [0.25, 0.3) is 0 Å². The van der Waals surface area contributed by atoms with E-state index < -0.39 is 0 Å². The molecule has 0 N–H and O–H groups in total. The summed E-state index contributed by atoms with van der Waals surface area (Å²) in [5.41, 5.74) is 2.60. The van der Waals surface area contributed by atoms with Crippen molar-refractivity contribution >= 4 is 11.8 Å². The number of likely N-dealkylation sites (tertiary alicyclic amines) is 1. The molecule has 4 nitrogen and oxygen atoms in total. The fourth-order valence-electron chi connectivity index (χ4n) is 4.12. The molecule has 0 unspecified atom stereocenters. The Labute approximate surface area is 137 Å². The van der Waals surface area contributed by atoms with Crippen LogP contribution in [-0.2, 0) is 16.0 Å². The molecule has 0 aromatic heterocycles. The second-order valence-electron chi connectivity index (χ2n) is 7.12.